The van der Waals surface area contributed by atoms with Crippen molar-refractivity contribution >= 4 is 17.7 Å². The van der Waals surface area contributed by atoms with E-state index >= 15 is 0 Å². The van der Waals surface area contributed by atoms with E-state index in [1.807, 2.05) is 17.0 Å². The molecule has 0 unspecified atom stereocenters. The summed E-state index contributed by atoms with van der Waals surface area (Å²) in [6.07, 6.45) is 9.53. The predicted octanol–water partition coefficient (Wildman–Crippen LogP) is 1.25. The molecule has 2 saturated heterocycles. The van der Waals surface area contributed by atoms with Crippen LogP contribution in [0.1, 0.15) is 50.5 Å². The van der Waals surface area contributed by atoms with Crippen molar-refractivity contribution in [1.29, 1.82) is 0 Å². The van der Waals surface area contributed by atoms with Crippen LogP contribution in [0.2, 0.25) is 0 Å². The molecule has 4 rings (SSSR count). The van der Waals surface area contributed by atoms with Gasteiger partial charge in [-0.3, -0.25) is 19.4 Å². The lowest BCUT2D eigenvalue weighted by Gasteiger charge is -2.34. The number of nitrogens with one attached hydrogen (secondary N) is 1. The molecule has 1 saturated carbocycles. The Balaban J connectivity index is 1.48. The van der Waals surface area contributed by atoms with E-state index in [-0.39, 0.29) is 36.4 Å². The number of ether oxygens (including phenoxy) is 1. The van der Waals surface area contributed by atoms with Gasteiger partial charge in [-0.05, 0) is 30.9 Å². The SMILES string of the molecule is O=C1CC[C@@H](C(=O)N2CC(=O)N(C3CCCCC3)C[C@@H](OCc3cccnc3)C2)N1. The Bertz CT molecular complexity index is 766. The van der Waals surface area contributed by atoms with Crippen LogP contribution in [-0.4, -0.2) is 70.3 Å². The molecule has 3 fully saturated rings. The van der Waals surface area contributed by atoms with E-state index in [1.54, 1.807) is 17.3 Å². The summed E-state index contributed by atoms with van der Waals surface area (Å²) in [7, 11) is 0. The van der Waals surface area contributed by atoms with E-state index in [4.69, 9.17) is 4.74 Å². The third-order valence-electron chi connectivity index (χ3n) is 6.30. The summed E-state index contributed by atoms with van der Waals surface area (Å²) in [5.41, 5.74) is 0.957. The normalized spacial score (nSPS) is 25.9. The van der Waals surface area contributed by atoms with Crippen molar-refractivity contribution in [2.75, 3.05) is 19.6 Å². The standard InChI is InChI=1S/C22H30N4O4/c27-20-9-8-19(24-20)22(29)25-12-18(30-15-16-5-4-10-23-11-16)13-26(21(28)14-25)17-6-2-1-3-7-17/h4-5,10-11,17-19H,1-3,6-9,12-15H2,(H,24,27)/t18-,19-/m0/s1. The number of pyridine rings is 1. The fraction of sp³-hybridized carbons (Fsp3) is 0.636. The molecule has 1 aromatic heterocycles. The summed E-state index contributed by atoms with van der Waals surface area (Å²) < 4.78 is 6.17. The van der Waals surface area contributed by atoms with Crippen LogP contribution in [0.25, 0.3) is 0 Å². The molecule has 8 heteroatoms. The number of hydrogen-bond acceptors (Lipinski definition) is 5. The minimum atomic E-state index is -0.537. The molecule has 0 spiro atoms. The highest BCUT2D eigenvalue weighted by atomic mass is 16.5. The van der Waals surface area contributed by atoms with Gasteiger partial charge in [0.2, 0.25) is 17.7 Å². The van der Waals surface area contributed by atoms with Crippen molar-refractivity contribution in [1.82, 2.24) is 20.1 Å². The Kier molecular flexibility index (Phi) is 6.62. The van der Waals surface area contributed by atoms with E-state index in [0.29, 0.717) is 32.5 Å². The molecular weight excluding hydrogens is 384 g/mol. The lowest BCUT2D eigenvalue weighted by atomic mass is 9.94. The molecule has 1 N–H and O–H groups in total. The average molecular weight is 415 g/mol. The summed E-state index contributed by atoms with van der Waals surface area (Å²) in [5, 5.41) is 2.73. The largest absolute Gasteiger partial charge is 0.370 e. The van der Waals surface area contributed by atoms with Gasteiger partial charge in [-0.25, -0.2) is 0 Å². The molecule has 3 heterocycles. The van der Waals surface area contributed by atoms with Gasteiger partial charge in [0.1, 0.15) is 6.04 Å². The van der Waals surface area contributed by atoms with Gasteiger partial charge >= 0.3 is 0 Å². The molecule has 2 atom stereocenters. The highest BCUT2D eigenvalue weighted by Gasteiger charge is 2.38. The molecule has 3 aliphatic rings. The van der Waals surface area contributed by atoms with E-state index < -0.39 is 6.04 Å². The fourth-order valence-corrected chi connectivity index (χ4v) is 4.68. The second kappa shape index (κ2) is 9.55. The van der Waals surface area contributed by atoms with Crippen LogP contribution in [-0.2, 0) is 25.7 Å². The molecule has 8 nitrogen and oxygen atoms in total. The molecule has 0 aromatic carbocycles. The first kappa shape index (κ1) is 20.8. The Morgan fingerprint density at radius 1 is 1.17 bits per heavy atom. The lowest BCUT2D eigenvalue weighted by Crippen LogP contribution is -2.48. The van der Waals surface area contributed by atoms with Crippen LogP contribution in [0.15, 0.2) is 24.5 Å². The van der Waals surface area contributed by atoms with Gasteiger partial charge < -0.3 is 19.9 Å². The smallest absolute Gasteiger partial charge is 0.245 e. The monoisotopic (exact) mass is 414 g/mol. The molecule has 0 bridgehead atoms. The molecule has 0 radical (unpaired) electrons. The third-order valence-corrected chi connectivity index (χ3v) is 6.30. The zero-order valence-corrected chi connectivity index (χ0v) is 17.3. The van der Waals surface area contributed by atoms with Gasteiger partial charge in [-0.2, -0.15) is 0 Å². The molecule has 30 heavy (non-hydrogen) atoms. The maximum absolute atomic E-state index is 13.1. The van der Waals surface area contributed by atoms with E-state index in [1.165, 1.54) is 6.42 Å². The number of carbonyl (C=O) groups is 3. The zero-order valence-electron chi connectivity index (χ0n) is 17.3. The maximum Gasteiger partial charge on any atom is 0.245 e. The third kappa shape index (κ3) is 4.98. The first-order valence-corrected chi connectivity index (χ1v) is 11.0. The van der Waals surface area contributed by atoms with Crippen molar-refractivity contribution < 1.29 is 19.1 Å². The number of carbonyl (C=O) groups excluding carboxylic acids is 3. The summed E-state index contributed by atoms with van der Waals surface area (Å²) >= 11 is 0. The summed E-state index contributed by atoms with van der Waals surface area (Å²) in [6.45, 7) is 1.27. The van der Waals surface area contributed by atoms with Crippen molar-refractivity contribution in [3.63, 3.8) is 0 Å². The van der Waals surface area contributed by atoms with E-state index in [2.05, 4.69) is 10.3 Å². The summed E-state index contributed by atoms with van der Waals surface area (Å²) in [5.74, 6) is -0.315. The lowest BCUT2D eigenvalue weighted by molar-refractivity contribution is -0.141. The Morgan fingerprint density at radius 3 is 2.70 bits per heavy atom. The number of rotatable bonds is 5. The second-order valence-electron chi connectivity index (χ2n) is 8.51. The van der Waals surface area contributed by atoms with Gasteiger partial charge in [0.15, 0.2) is 0 Å². The van der Waals surface area contributed by atoms with Crippen LogP contribution in [0.5, 0.6) is 0 Å². The number of hydrogen-bond donors (Lipinski definition) is 1. The highest BCUT2D eigenvalue weighted by molar-refractivity contribution is 5.93. The first-order valence-electron chi connectivity index (χ1n) is 11.0. The maximum atomic E-state index is 13.1. The predicted molar refractivity (Wildman–Crippen MR) is 109 cm³/mol. The Hall–Kier alpha value is -2.48. The number of nitrogens with zero attached hydrogens (tertiary/aromatic N) is 3. The summed E-state index contributed by atoms with van der Waals surface area (Å²) in [4.78, 5) is 45.3. The molecule has 2 aliphatic heterocycles. The van der Waals surface area contributed by atoms with Crippen molar-refractivity contribution in [2.45, 2.75) is 69.7 Å². The zero-order chi connectivity index (χ0) is 20.9. The number of amides is 3. The molecular formula is C22H30N4O4. The average Bonchev–Trinajstić information content (AvgIpc) is 3.14. The van der Waals surface area contributed by atoms with Crippen LogP contribution in [0, 0.1) is 0 Å². The molecule has 1 aromatic rings. The van der Waals surface area contributed by atoms with E-state index in [9.17, 15) is 14.4 Å². The molecule has 3 amide bonds. The number of aromatic nitrogens is 1. The summed E-state index contributed by atoms with van der Waals surface area (Å²) in [6, 6.07) is 3.50. The topological polar surface area (TPSA) is 91.8 Å². The molecule has 162 valence electrons. The van der Waals surface area contributed by atoms with Crippen LogP contribution in [0.3, 0.4) is 0 Å². The van der Waals surface area contributed by atoms with Gasteiger partial charge in [0, 0.05) is 37.9 Å². The highest BCUT2D eigenvalue weighted by Crippen LogP contribution is 2.25. The quantitative estimate of drug-likeness (QED) is 0.783. The minimum absolute atomic E-state index is 0.0212. The first-order chi connectivity index (χ1) is 14.6. The van der Waals surface area contributed by atoms with Gasteiger partial charge in [0.05, 0.1) is 19.3 Å². The Morgan fingerprint density at radius 2 is 2.00 bits per heavy atom. The second-order valence-corrected chi connectivity index (χ2v) is 8.51. The van der Waals surface area contributed by atoms with Crippen molar-refractivity contribution in [3.05, 3.63) is 30.1 Å². The van der Waals surface area contributed by atoms with Crippen molar-refractivity contribution in [3.8, 4) is 0 Å². The van der Waals surface area contributed by atoms with Gasteiger partial charge in [-0.1, -0.05) is 25.3 Å². The Labute approximate surface area is 177 Å². The van der Waals surface area contributed by atoms with Crippen LogP contribution >= 0.6 is 0 Å². The van der Waals surface area contributed by atoms with Crippen molar-refractivity contribution in [2.24, 2.45) is 0 Å². The van der Waals surface area contributed by atoms with Gasteiger partial charge in [-0.15, -0.1) is 0 Å². The van der Waals surface area contributed by atoms with Crippen LogP contribution < -0.4 is 5.32 Å². The molecule has 1 aliphatic carbocycles. The van der Waals surface area contributed by atoms with Gasteiger partial charge in [0.25, 0.3) is 0 Å². The van der Waals surface area contributed by atoms with Crippen LogP contribution in [0.4, 0.5) is 0 Å². The van der Waals surface area contributed by atoms with E-state index in [0.717, 1.165) is 31.2 Å². The minimum Gasteiger partial charge on any atom is -0.370 e. The fourth-order valence-electron chi connectivity index (χ4n) is 4.68.